The van der Waals surface area contributed by atoms with Gasteiger partial charge >= 0.3 is 0 Å². The summed E-state index contributed by atoms with van der Waals surface area (Å²) in [6, 6.07) is 13.0. The van der Waals surface area contributed by atoms with Crippen LogP contribution in [-0.4, -0.2) is 7.85 Å². The molecule has 162 valence electrons. The first-order chi connectivity index (χ1) is 15.2. The molecule has 1 aliphatic rings. The summed E-state index contributed by atoms with van der Waals surface area (Å²) in [6.07, 6.45) is 4.03. The summed E-state index contributed by atoms with van der Waals surface area (Å²) in [5, 5.41) is 0. The summed E-state index contributed by atoms with van der Waals surface area (Å²) in [7, 11) is 5.65. The van der Waals surface area contributed by atoms with Gasteiger partial charge in [0.25, 0.3) is 0 Å². The molecule has 2 unspecified atom stereocenters. The molecule has 0 spiro atoms. The summed E-state index contributed by atoms with van der Waals surface area (Å²) in [6.45, 7) is 7.41. The minimum Gasteiger partial charge on any atom is -0.463 e. The number of hydrogen-bond acceptors (Lipinski definition) is 1. The Labute approximate surface area is 188 Å². The smallest absolute Gasteiger partial charge is 0.225 e. The Balaban J connectivity index is 1.54. The van der Waals surface area contributed by atoms with E-state index in [2.05, 4.69) is 31.7 Å². The van der Waals surface area contributed by atoms with E-state index < -0.39 is 23.0 Å². The lowest BCUT2D eigenvalue weighted by Crippen LogP contribution is -2.29. The zero-order chi connectivity index (χ0) is 23.0. The topological polar surface area (TPSA) is 9.23 Å². The lowest BCUT2D eigenvalue weighted by Gasteiger charge is -2.25. The zero-order valence-corrected chi connectivity index (χ0v) is 18.2. The van der Waals surface area contributed by atoms with Gasteiger partial charge in [0.2, 0.25) is 5.75 Å². The number of rotatable bonds is 6. The van der Waals surface area contributed by atoms with Gasteiger partial charge in [-0.3, -0.25) is 0 Å². The maximum Gasteiger partial charge on any atom is 0.225 e. The van der Waals surface area contributed by atoms with Crippen molar-refractivity contribution in [3.05, 3.63) is 106 Å². The van der Waals surface area contributed by atoms with Crippen LogP contribution in [0.2, 0.25) is 0 Å². The normalized spacial score (nSPS) is 17.0. The third-order valence-electron chi connectivity index (χ3n) is 6.00. The van der Waals surface area contributed by atoms with Gasteiger partial charge in [-0.25, -0.2) is 13.2 Å². The van der Waals surface area contributed by atoms with Crippen LogP contribution in [0, 0.1) is 24.5 Å². The third-order valence-corrected chi connectivity index (χ3v) is 6.00. The van der Waals surface area contributed by atoms with Crippen LogP contribution < -0.4 is 4.74 Å². The fourth-order valence-electron chi connectivity index (χ4n) is 4.45. The highest BCUT2D eigenvalue weighted by atomic mass is 19.2. The van der Waals surface area contributed by atoms with E-state index >= 15 is 4.39 Å². The maximum absolute atomic E-state index is 15.1. The van der Waals surface area contributed by atoms with E-state index in [1.807, 2.05) is 0 Å². The van der Waals surface area contributed by atoms with Crippen molar-refractivity contribution in [1.29, 1.82) is 0 Å². The highest BCUT2D eigenvalue weighted by Gasteiger charge is 2.31. The van der Waals surface area contributed by atoms with Crippen molar-refractivity contribution in [3.8, 4) is 5.75 Å². The zero-order valence-electron chi connectivity index (χ0n) is 18.2. The summed E-state index contributed by atoms with van der Waals surface area (Å²) in [5.41, 5.74) is 4.84. The predicted octanol–water partition coefficient (Wildman–Crippen LogP) is 6.57. The molecule has 0 N–H and O–H groups in total. The highest BCUT2D eigenvalue weighted by Crippen LogP contribution is 2.32. The molecule has 0 fully saturated rings. The fourth-order valence-corrected chi connectivity index (χ4v) is 4.45. The number of benzene rings is 3. The molecule has 5 heteroatoms. The second-order valence-electron chi connectivity index (χ2n) is 8.69. The molecule has 0 heterocycles. The average molecular weight is 432 g/mol. The Hall–Kier alpha value is -2.95. The van der Waals surface area contributed by atoms with Crippen molar-refractivity contribution in [2.75, 3.05) is 0 Å². The maximum atomic E-state index is 15.1. The van der Waals surface area contributed by atoms with Crippen molar-refractivity contribution in [1.82, 2.24) is 0 Å². The number of alkyl halides is 1. The predicted molar refractivity (Wildman–Crippen MR) is 123 cm³/mol. The van der Waals surface area contributed by atoms with Crippen molar-refractivity contribution >= 4 is 13.9 Å². The van der Waals surface area contributed by atoms with Crippen LogP contribution in [0.4, 0.5) is 13.2 Å². The van der Waals surface area contributed by atoms with Crippen molar-refractivity contribution < 1.29 is 17.9 Å². The van der Waals surface area contributed by atoms with Crippen LogP contribution in [0.1, 0.15) is 45.9 Å². The van der Waals surface area contributed by atoms with Crippen molar-refractivity contribution in [2.24, 2.45) is 5.92 Å². The van der Waals surface area contributed by atoms with E-state index in [0.29, 0.717) is 23.5 Å². The van der Waals surface area contributed by atoms with Crippen LogP contribution in [0.5, 0.6) is 5.75 Å². The lowest BCUT2D eigenvalue weighted by atomic mass is 9.87. The molecule has 0 amide bonds. The lowest BCUT2D eigenvalue weighted by molar-refractivity contribution is 0.0130. The van der Waals surface area contributed by atoms with E-state index in [0.717, 1.165) is 24.5 Å². The summed E-state index contributed by atoms with van der Waals surface area (Å²) >= 11 is 0. The molecule has 3 aromatic carbocycles. The standard InChI is InChI=1S/C27H24BF3O/c1-4-23-17(3)11-22(15-25(23)29)32-27(28,31)24-8-6-19(14-26(24)30)12-18-5-7-20-9-16(2)10-21(20)13-18/h4-8,11,13-16H,1,9-10,12H2,2-3H3. The van der Waals surface area contributed by atoms with Crippen LogP contribution in [0.15, 0.2) is 55.1 Å². The Morgan fingerprint density at radius 2 is 1.72 bits per heavy atom. The second-order valence-corrected chi connectivity index (χ2v) is 8.69. The molecule has 1 nitrogen and oxygen atoms in total. The largest absolute Gasteiger partial charge is 0.463 e. The first-order valence-electron chi connectivity index (χ1n) is 10.6. The Morgan fingerprint density at radius 1 is 1.03 bits per heavy atom. The molecule has 0 bridgehead atoms. The Bertz CT molecular complexity index is 1160. The van der Waals surface area contributed by atoms with Crippen LogP contribution in [-0.2, 0) is 25.0 Å². The Morgan fingerprint density at radius 3 is 2.41 bits per heavy atom. The monoisotopic (exact) mass is 432 g/mol. The second kappa shape index (κ2) is 8.53. The van der Waals surface area contributed by atoms with Gasteiger partial charge in [0.1, 0.15) is 17.4 Å². The highest BCUT2D eigenvalue weighted by molar-refractivity contribution is 6.13. The van der Waals surface area contributed by atoms with Crippen LogP contribution >= 0.6 is 0 Å². The molecule has 1 aliphatic carbocycles. The minimum absolute atomic E-state index is 0.133. The molecule has 2 radical (unpaired) electrons. The number of hydrogen-bond donors (Lipinski definition) is 0. The van der Waals surface area contributed by atoms with Gasteiger partial charge < -0.3 is 4.74 Å². The summed E-state index contributed by atoms with van der Waals surface area (Å²) < 4.78 is 49.2. The molecule has 3 aromatic rings. The molecule has 0 aliphatic heterocycles. The molecule has 0 saturated carbocycles. The van der Waals surface area contributed by atoms with Gasteiger partial charge in [-0.15, -0.1) is 0 Å². The molecular weight excluding hydrogens is 408 g/mol. The first kappa shape index (κ1) is 22.3. The number of ether oxygens (including phenoxy) is 1. The quantitative estimate of drug-likeness (QED) is 0.401. The average Bonchev–Trinajstić information content (AvgIpc) is 3.06. The molecule has 2 atom stereocenters. The minimum atomic E-state index is -2.96. The van der Waals surface area contributed by atoms with Gasteiger partial charge in [0.15, 0.2) is 7.85 Å². The summed E-state index contributed by atoms with van der Waals surface area (Å²) in [4.78, 5) is 0. The van der Waals surface area contributed by atoms with Gasteiger partial charge in [-0.2, -0.15) is 0 Å². The third kappa shape index (κ3) is 4.48. The van der Waals surface area contributed by atoms with Gasteiger partial charge in [-0.1, -0.05) is 43.8 Å². The van der Waals surface area contributed by atoms with Crippen LogP contribution in [0.3, 0.4) is 0 Å². The molecule has 0 saturated heterocycles. The van der Waals surface area contributed by atoms with Crippen LogP contribution in [0.25, 0.3) is 6.08 Å². The SMILES string of the molecule is [B]C(F)(Oc1cc(C)c(C=C)c(F)c1)c1ccc(Cc2ccc3c(c2)CC(C)C3)cc1F. The van der Waals surface area contributed by atoms with Gasteiger partial charge in [0, 0.05) is 11.6 Å². The van der Waals surface area contributed by atoms with E-state index in [-0.39, 0.29) is 11.3 Å². The molecular formula is C27H24BF3O. The van der Waals surface area contributed by atoms with Gasteiger partial charge in [-0.05, 0) is 78.1 Å². The van der Waals surface area contributed by atoms with E-state index in [1.54, 1.807) is 13.0 Å². The fraction of sp³-hybridized carbons (Fsp3) is 0.259. The van der Waals surface area contributed by atoms with E-state index in [4.69, 9.17) is 12.6 Å². The van der Waals surface area contributed by atoms with E-state index in [9.17, 15) is 8.78 Å². The number of halogens is 3. The van der Waals surface area contributed by atoms with Crippen molar-refractivity contribution in [3.63, 3.8) is 0 Å². The molecule has 4 rings (SSSR count). The first-order valence-corrected chi connectivity index (χ1v) is 10.6. The Kier molecular flexibility index (Phi) is 5.94. The van der Waals surface area contributed by atoms with Gasteiger partial charge in [0.05, 0.1) is 5.56 Å². The van der Waals surface area contributed by atoms with E-state index in [1.165, 1.54) is 35.4 Å². The molecule has 32 heavy (non-hydrogen) atoms. The number of aryl methyl sites for hydroxylation is 1. The van der Waals surface area contributed by atoms with Crippen molar-refractivity contribution in [2.45, 2.75) is 38.9 Å². The number of fused-ring (bicyclic) bond motifs is 1. The summed E-state index contributed by atoms with van der Waals surface area (Å²) in [5.74, 6) is -3.88. The molecule has 0 aromatic heterocycles.